The van der Waals surface area contributed by atoms with Gasteiger partial charge in [0.25, 0.3) is 0 Å². The monoisotopic (exact) mass is 462 g/mol. The number of pyridine rings is 1. The Morgan fingerprint density at radius 1 is 1.00 bits per heavy atom. The second kappa shape index (κ2) is 9.43. The summed E-state index contributed by atoms with van der Waals surface area (Å²) >= 11 is 0. The quantitative estimate of drug-likeness (QED) is 0.562. The van der Waals surface area contributed by atoms with Crippen molar-refractivity contribution < 1.29 is 14.3 Å². The highest BCUT2D eigenvalue weighted by molar-refractivity contribution is 5.88. The van der Waals surface area contributed by atoms with Crippen molar-refractivity contribution in [3.8, 4) is 28.0 Å². The Hall–Kier alpha value is -3.45. The third-order valence-electron chi connectivity index (χ3n) is 6.20. The van der Waals surface area contributed by atoms with Gasteiger partial charge in [-0.3, -0.25) is 9.69 Å². The molecule has 1 saturated heterocycles. The molecule has 4 rings (SSSR count). The van der Waals surface area contributed by atoms with Crippen LogP contribution in [0.2, 0.25) is 0 Å². The van der Waals surface area contributed by atoms with E-state index in [1.54, 1.807) is 12.1 Å². The first-order valence-corrected chi connectivity index (χ1v) is 11.5. The normalized spacial score (nSPS) is 14.8. The van der Waals surface area contributed by atoms with Gasteiger partial charge in [-0.25, -0.2) is 9.37 Å². The molecular weight excluding hydrogens is 431 g/mol. The van der Waals surface area contributed by atoms with Crippen LogP contribution in [-0.4, -0.2) is 52.6 Å². The van der Waals surface area contributed by atoms with E-state index in [-0.39, 0.29) is 17.2 Å². The molecule has 0 unspecified atom stereocenters. The number of aromatic hydroxyl groups is 1. The summed E-state index contributed by atoms with van der Waals surface area (Å²) in [6.07, 6.45) is 1.51. The molecule has 1 aliphatic heterocycles. The van der Waals surface area contributed by atoms with E-state index < -0.39 is 5.82 Å². The molecule has 1 aliphatic rings. The van der Waals surface area contributed by atoms with Gasteiger partial charge in [0.2, 0.25) is 5.91 Å². The van der Waals surface area contributed by atoms with Gasteiger partial charge in [-0.05, 0) is 62.7 Å². The first kappa shape index (κ1) is 23.7. The van der Waals surface area contributed by atoms with Crippen LogP contribution in [0.1, 0.15) is 27.7 Å². The summed E-state index contributed by atoms with van der Waals surface area (Å²) in [5, 5.41) is 13.7. The lowest BCUT2D eigenvalue weighted by molar-refractivity contribution is -0.114. The molecule has 2 heterocycles. The summed E-state index contributed by atoms with van der Waals surface area (Å²) in [5.74, 6) is -0.287. The molecule has 34 heavy (non-hydrogen) atoms. The van der Waals surface area contributed by atoms with E-state index in [1.807, 2.05) is 18.2 Å². The van der Waals surface area contributed by atoms with Gasteiger partial charge < -0.3 is 15.3 Å². The minimum Gasteiger partial charge on any atom is -0.507 e. The molecule has 6 nitrogen and oxygen atoms in total. The van der Waals surface area contributed by atoms with E-state index in [4.69, 9.17) is 0 Å². The van der Waals surface area contributed by atoms with Gasteiger partial charge in [-0.2, -0.15) is 0 Å². The average molecular weight is 463 g/mol. The standard InChI is InChI=1S/C27H31FN4O2/c1-18(33)30-25-9-8-20(17-29-25)24-16-21(28)15-23(26(24)34)19-6-5-7-22(14-19)31-10-12-32(13-11-31)27(2,3)4/h5-9,14-17,34H,10-13H2,1-4H3,(H,29,30,33). The van der Waals surface area contributed by atoms with Crippen LogP contribution in [0.4, 0.5) is 15.9 Å². The van der Waals surface area contributed by atoms with Crippen LogP contribution >= 0.6 is 0 Å². The molecule has 0 radical (unpaired) electrons. The first-order chi connectivity index (χ1) is 16.1. The van der Waals surface area contributed by atoms with Crippen LogP contribution in [0, 0.1) is 5.82 Å². The van der Waals surface area contributed by atoms with E-state index in [0.29, 0.717) is 22.5 Å². The molecule has 178 valence electrons. The zero-order valence-electron chi connectivity index (χ0n) is 20.1. The lowest BCUT2D eigenvalue weighted by Gasteiger charge is -2.43. The molecule has 0 bridgehead atoms. The summed E-state index contributed by atoms with van der Waals surface area (Å²) in [6.45, 7) is 11.9. The summed E-state index contributed by atoms with van der Waals surface area (Å²) < 4.78 is 14.6. The van der Waals surface area contributed by atoms with Crippen molar-refractivity contribution in [1.29, 1.82) is 0 Å². The number of phenols is 1. The maximum Gasteiger partial charge on any atom is 0.222 e. The van der Waals surface area contributed by atoms with Gasteiger partial charge in [-0.1, -0.05) is 12.1 Å². The second-order valence-corrected chi connectivity index (χ2v) is 9.66. The molecule has 0 aliphatic carbocycles. The minimum atomic E-state index is -0.446. The number of amides is 1. The molecule has 2 aromatic carbocycles. The topological polar surface area (TPSA) is 68.7 Å². The first-order valence-electron chi connectivity index (χ1n) is 11.5. The van der Waals surface area contributed by atoms with Crippen LogP contribution in [-0.2, 0) is 4.79 Å². The van der Waals surface area contributed by atoms with Crippen LogP contribution in [0.5, 0.6) is 5.75 Å². The van der Waals surface area contributed by atoms with Crippen molar-refractivity contribution in [2.75, 3.05) is 36.4 Å². The molecule has 3 aromatic rings. The number of carbonyl (C=O) groups excluding carboxylic acids is 1. The molecule has 0 atom stereocenters. The highest BCUT2D eigenvalue weighted by Gasteiger charge is 2.26. The SMILES string of the molecule is CC(=O)Nc1ccc(-c2cc(F)cc(-c3cccc(N4CCN(C(C)(C)C)CC4)c3)c2O)cn1. The van der Waals surface area contributed by atoms with Crippen LogP contribution in [0.3, 0.4) is 0 Å². The largest absolute Gasteiger partial charge is 0.507 e. The molecule has 7 heteroatoms. The number of aromatic nitrogens is 1. The lowest BCUT2D eigenvalue weighted by atomic mass is 9.97. The third kappa shape index (κ3) is 5.20. The minimum absolute atomic E-state index is 0.00909. The predicted molar refractivity (Wildman–Crippen MR) is 135 cm³/mol. The Kier molecular flexibility index (Phi) is 6.57. The number of hydrogen-bond acceptors (Lipinski definition) is 5. The number of anilines is 2. The number of benzene rings is 2. The number of nitrogens with one attached hydrogen (secondary N) is 1. The highest BCUT2D eigenvalue weighted by Crippen LogP contribution is 2.40. The maximum atomic E-state index is 14.6. The van der Waals surface area contributed by atoms with Crippen LogP contribution in [0.15, 0.2) is 54.7 Å². The summed E-state index contributed by atoms with van der Waals surface area (Å²) in [6, 6.07) is 13.8. The number of hydrogen-bond donors (Lipinski definition) is 2. The molecule has 2 N–H and O–H groups in total. The van der Waals surface area contributed by atoms with E-state index in [9.17, 15) is 14.3 Å². The van der Waals surface area contributed by atoms with Gasteiger partial charge in [0.05, 0.1) is 0 Å². The molecule has 1 aromatic heterocycles. The summed E-state index contributed by atoms with van der Waals surface area (Å²) in [4.78, 5) is 20.2. The number of rotatable bonds is 4. The van der Waals surface area contributed by atoms with Crippen molar-refractivity contribution in [2.45, 2.75) is 33.2 Å². The molecule has 0 spiro atoms. The molecule has 0 saturated carbocycles. The summed E-state index contributed by atoms with van der Waals surface area (Å²) in [5.41, 5.74) is 3.28. The van der Waals surface area contributed by atoms with Gasteiger partial charge in [0, 0.05) is 67.2 Å². The third-order valence-corrected chi connectivity index (χ3v) is 6.20. The van der Waals surface area contributed by atoms with Crippen LogP contribution < -0.4 is 10.2 Å². The maximum absolute atomic E-state index is 14.6. The molecule has 1 amide bonds. The fourth-order valence-corrected chi connectivity index (χ4v) is 4.35. The number of halogens is 1. The Balaban J connectivity index is 1.62. The van der Waals surface area contributed by atoms with Crippen molar-refractivity contribution in [3.05, 3.63) is 60.5 Å². The Morgan fingerprint density at radius 3 is 2.26 bits per heavy atom. The number of phenolic OH excluding ortho intramolecular Hbond substituents is 1. The van der Waals surface area contributed by atoms with Crippen molar-refractivity contribution in [3.63, 3.8) is 0 Å². The van der Waals surface area contributed by atoms with E-state index in [1.165, 1.54) is 25.3 Å². The highest BCUT2D eigenvalue weighted by atomic mass is 19.1. The Bertz CT molecular complexity index is 1180. The van der Waals surface area contributed by atoms with Gasteiger partial charge in [0.1, 0.15) is 17.4 Å². The Labute approximate surface area is 200 Å². The zero-order valence-corrected chi connectivity index (χ0v) is 20.1. The van der Waals surface area contributed by atoms with Crippen molar-refractivity contribution >= 4 is 17.4 Å². The van der Waals surface area contributed by atoms with Gasteiger partial charge >= 0.3 is 0 Å². The molecule has 1 fully saturated rings. The van der Waals surface area contributed by atoms with Gasteiger partial charge in [0.15, 0.2) is 0 Å². The van der Waals surface area contributed by atoms with E-state index in [0.717, 1.165) is 37.4 Å². The molecular formula is C27H31FN4O2. The number of carbonyl (C=O) groups is 1. The zero-order chi connectivity index (χ0) is 24.5. The van der Waals surface area contributed by atoms with Crippen molar-refractivity contribution in [2.24, 2.45) is 0 Å². The van der Waals surface area contributed by atoms with Crippen molar-refractivity contribution in [1.82, 2.24) is 9.88 Å². The van der Waals surface area contributed by atoms with E-state index >= 15 is 0 Å². The summed E-state index contributed by atoms with van der Waals surface area (Å²) in [7, 11) is 0. The lowest BCUT2D eigenvalue weighted by Crippen LogP contribution is -2.53. The average Bonchev–Trinajstić information content (AvgIpc) is 2.80. The van der Waals surface area contributed by atoms with Gasteiger partial charge in [-0.15, -0.1) is 0 Å². The number of piperazine rings is 1. The second-order valence-electron chi connectivity index (χ2n) is 9.66. The predicted octanol–water partition coefficient (Wildman–Crippen LogP) is 5.14. The number of nitrogens with zero attached hydrogens (tertiary/aromatic N) is 3. The van der Waals surface area contributed by atoms with E-state index in [2.05, 4.69) is 46.9 Å². The fraction of sp³-hybridized carbons (Fsp3) is 0.333. The Morgan fingerprint density at radius 2 is 1.68 bits per heavy atom. The van der Waals surface area contributed by atoms with Crippen LogP contribution in [0.25, 0.3) is 22.3 Å². The smallest absolute Gasteiger partial charge is 0.222 e. The fourth-order valence-electron chi connectivity index (χ4n) is 4.35.